The molecular weight excluding hydrogens is 514 g/mol. The third-order valence-corrected chi connectivity index (χ3v) is 7.62. The van der Waals surface area contributed by atoms with Gasteiger partial charge in [0.25, 0.3) is 0 Å². The molecule has 1 heterocycles. The maximum absolute atomic E-state index is 12.6. The lowest BCUT2D eigenvalue weighted by Gasteiger charge is -2.40. The molecule has 1 aliphatic rings. The van der Waals surface area contributed by atoms with Gasteiger partial charge in [-0.2, -0.15) is 0 Å². The predicted molar refractivity (Wildman–Crippen MR) is 157 cm³/mol. The van der Waals surface area contributed by atoms with Crippen LogP contribution in [0.5, 0.6) is 0 Å². The zero-order valence-corrected chi connectivity index (χ0v) is 25.1. The molecule has 0 aromatic heterocycles. The van der Waals surface area contributed by atoms with Crippen molar-refractivity contribution in [1.82, 2.24) is 5.32 Å². The van der Waals surface area contributed by atoms with Gasteiger partial charge in [-0.3, -0.25) is 4.79 Å². The monoisotopic (exact) mass is 573 g/mol. The molecule has 1 saturated heterocycles. The highest BCUT2D eigenvalue weighted by Gasteiger charge is 2.44. The van der Waals surface area contributed by atoms with E-state index in [0.717, 1.165) is 51.4 Å². The number of carbonyl (C=O) groups is 1. The van der Waals surface area contributed by atoms with Crippen molar-refractivity contribution in [2.24, 2.45) is 0 Å². The van der Waals surface area contributed by atoms with E-state index in [4.69, 9.17) is 9.47 Å². The zero-order valence-electron chi connectivity index (χ0n) is 25.1. The Hall–Kier alpha value is -1.07. The second-order valence-electron chi connectivity index (χ2n) is 11.2. The topological polar surface area (TPSA) is 149 Å². The summed E-state index contributed by atoms with van der Waals surface area (Å²) >= 11 is 0. The van der Waals surface area contributed by atoms with Crippen molar-refractivity contribution >= 4 is 5.91 Å². The molecule has 9 heteroatoms. The van der Waals surface area contributed by atoms with Crippen molar-refractivity contribution in [3.63, 3.8) is 0 Å². The van der Waals surface area contributed by atoms with Crippen LogP contribution < -0.4 is 5.32 Å². The number of unbranched alkanes of at least 4 members (excludes halogenated alkanes) is 12. The minimum absolute atomic E-state index is 0.145. The number of amides is 1. The fourth-order valence-electron chi connectivity index (χ4n) is 4.92. The molecule has 1 aliphatic heterocycles. The Morgan fingerprint density at radius 3 is 2.02 bits per heavy atom. The summed E-state index contributed by atoms with van der Waals surface area (Å²) in [6.45, 7) is 3.61. The number of aliphatic hydroxyl groups is 5. The van der Waals surface area contributed by atoms with Crippen molar-refractivity contribution in [3.8, 4) is 0 Å². The Kier molecular flexibility index (Phi) is 21.7. The number of nitrogens with one attached hydrogen (secondary N) is 1. The van der Waals surface area contributed by atoms with Crippen LogP contribution in [0.15, 0.2) is 12.2 Å². The number of hydrogen-bond acceptors (Lipinski definition) is 8. The summed E-state index contributed by atoms with van der Waals surface area (Å²) in [7, 11) is 0. The molecule has 1 fully saturated rings. The SMILES string of the molecule is CCCCCCC/C=C\CCCCCCCC(=O)NC(COC1OC(CO)C(O)C(O)C1O)C(O)CCCCC. The molecule has 236 valence electrons. The van der Waals surface area contributed by atoms with E-state index >= 15 is 0 Å². The summed E-state index contributed by atoms with van der Waals surface area (Å²) in [6.07, 6.45) is 14.5. The number of ether oxygens (including phenoxy) is 2. The van der Waals surface area contributed by atoms with Crippen LogP contribution in [-0.2, 0) is 14.3 Å². The van der Waals surface area contributed by atoms with Gasteiger partial charge in [-0.15, -0.1) is 0 Å². The molecule has 9 nitrogen and oxygen atoms in total. The first kappa shape index (κ1) is 37.0. The third kappa shape index (κ3) is 15.8. The molecule has 7 unspecified atom stereocenters. The lowest BCUT2D eigenvalue weighted by molar-refractivity contribution is -0.302. The fourth-order valence-corrected chi connectivity index (χ4v) is 4.92. The van der Waals surface area contributed by atoms with Crippen LogP contribution in [-0.4, -0.2) is 87.5 Å². The number of hydrogen-bond donors (Lipinski definition) is 6. The number of aliphatic hydroxyl groups excluding tert-OH is 5. The van der Waals surface area contributed by atoms with Gasteiger partial charge in [-0.1, -0.05) is 90.2 Å². The van der Waals surface area contributed by atoms with Crippen LogP contribution in [0.1, 0.15) is 123 Å². The molecule has 0 aliphatic carbocycles. The third-order valence-electron chi connectivity index (χ3n) is 7.62. The van der Waals surface area contributed by atoms with E-state index < -0.39 is 49.5 Å². The van der Waals surface area contributed by atoms with E-state index in [1.54, 1.807) is 0 Å². The van der Waals surface area contributed by atoms with Gasteiger partial charge in [-0.25, -0.2) is 0 Å². The van der Waals surface area contributed by atoms with Crippen LogP contribution in [0.25, 0.3) is 0 Å². The van der Waals surface area contributed by atoms with E-state index in [9.17, 15) is 30.3 Å². The molecule has 1 amide bonds. The number of allylic oxidation sites excluding steroid dienone is 2. The summed E-state index contributed by atoms with van der Waals surface area (Å²) < 4.78 is 11.0. The fraction of sp³-hybridized carbons (Fsp3) is 0.903. The highest BCUT2D eigenvalue weighted by Crippen LogP contribution is 2.22. The van der Waals surface area contributed by atoms with Crippen molar-refractivity contribution in [2.45, 2.75) is 166 Å². The molecule has 0 aromatic carbocycles. The molecule has 6 N–H and O–H groups in total. The summed E-state index contributed by atoms with van der Waals surface area (Å²) in [5, 5.41) is 53.2. The second-order valence-corrected chi connectivity index (χ2v) is 11.2. The van der Waals surface area contributed by atoms with Crippen molar-refractivity contribution in [1.29, 1.82) is 0 Å². The minimum atomic E-state index is -1.55. The van der Waals surface area contributed by atoms with Gasteiger partial charge >= 0.3 is 0 Å². The van der Waals surface area contributed by atoms with Crippen LogP contribution in [0.2, 0.25) is 0 Å². The first-order valence-electron chi connectivity index (χ1n) is 15.9. The van der Waals surface area contributed by atoms with Gasteiger partial charge in [-0.05, 0) is 38.5 Å². The van der Waals surface area contributed by atoms with Crippen LogP contribution in [0.3, 0.4) is 0 Å². The maximum atomic E-state index is 12.6. The average Bonchev–Trinajstić information content (AvgIpc) is 2.95. The Morgan fingerprint density at radius 1 is 0.825 bits per heavy atom. The van der Waals surface area contributed by atoms with Crippen molar-refractivity contribution < 1.29 is 39.8 Å². The lowest BCUT2D eigenvalue weighted by atomic mass is 9.99. The second kappa shape index (κ2) is 23.5. The van der Waals surface area contributed by atoms with Gasteiger partial charge in [0.1, 0.15) is 24.4 Å². The van der Waals surface area contributed by atoms with Gasteiger partial charge < -0.3 is 40.3 Å². The summed E-state index contributed by atoms with van der Waals surface area (Å²) in [5.74, 6) is -0.168. The molecule has 1 rings (SSSR count). The van der Waals surface area contributed by atoms with E-state index in [-0.39, 0.29) is 12.5 Å². The Balaban J connectivity index is 2.35. The molecule has 0 radical (unpaired) electrons. The number of carbonyl (C=O) groups excluding carboxylic acids is 1. The lowest BCUT2D eigenvalue weighted by Crippen LogP contribution is -2.60. The smallest absolute Gasteiger partial charge is 0.220 e. The van der Waals surface area contributed by atoms with E-state index in [1.807, 2.05) is 0 Å². The Bertz CT molecular complexity index is 647. The van der Waals surface area contributed by atoms with E-state index in [1.165, 1.54) is 44.9 Å². The van der Waals surface area contributed by atoms with Gasteiger partial charge in [0, 0.05) is 6.42 Å². The van der Waals surface area contributed by atoms with Gasteiger partial charge in [0.2, 0.25) is 5.91 Å². The average molecular weight is 574 g/mol. The molecular formula is C31H59NO8. The van der Waals surface area contributed by atoms with Crippen molar-refractivity contribution in [3.05, 3.63) is 12.2 Å². The van der Waals surface area contributed by atoms with E-state index in [2.05, 4.69) is 31.3 Å². The normalized spacial score (nSPS) is 24.8. The van der Waals surface area contributed by atoms with Gasteiger partial charge in [0.05, 0.1) is 25.4 Å². The predicted octanol–water partition coefficient (Wildman–Crippen LogP) is 3.88. The highest BCUT2D eigenvalue weighted by molar-refractivity contribution is 5.76. The highest BCUT2D eigenvalue weighted by atomic mass is 16.7. The van der Waals surface area contributed by atoms with Gasteiger partial charge in [0.15, 0.2) is 6.29 Å². The largest absolute Gasteiger partial charge is 0.394 e. The van der Waals surface area contributed by atoms with Crippen molar-refractivity contribution in [2.75, 3.05) is 13.2 Å². The van der Waals surface area contributed by atoms with Crippen LogP contribution >= 0.6 is 0 Å². The Morgan fingerprint density at radius 2 is 1.40 bits per heavy atom. The molecule has 40 heavy (non-hydrogen) atoms. The quantitative estimate of drug-likeness (QED) is 0.0753. The maximum Gasteiger partial charge on any atom is 0.220 e. The summed E-state index contributed by atoms with van der Waals surface area (Å²) in [5.41, 5.74) is 0. The van der Waals surface area contributed by atoms with Crippen LogP contribution in [0.4, 0.5) is 0 Å². The zero-order chi connectivity index (χ0) is 29.6. The standard InChI is InChI=1S/C31H59NO8/c1-3-5-7-8-9-10-11-12-13-14-15-16-17-19-21-27(35)32-24(25(34)20-18-6-4-2)23-39-31-30(38)29(37)28(36)26(22-33)40-31/h11-12,24-26,28-31,33-34,36-38H,3-10,13-23H2,1-2H3,(H,32,35)/b12-11-. The van der Waals surface area contributed by atoms with E-state index in [0.29, 0.717) is 12.8 Å². The molecule has 7 atom stereocenters. The molecule has 0 aromatic rings. The molecule has 0 bridgehead atoms. The first-order chi connectivity index (χ1) is 19.3. The molecule has 0 saturated carbocycles. The first-order valence-corrected chi connectivity index (χ1v) is 15.9. The number of rotatable bonds is 24. The minimum Gasteiger partial charge on any atom is -0.394 e. The molecule has 0 spiro atoms. The summed E-state index contributed by atoms with van der Waals surface area (Å²) in [6, 6.07) is -0.713. The van der Waals surface area contributed by atoms with Crippen LogP contribution in [0, 0.1) is 0 Å². The Labute approximate surface area is 242 Å². The summed E-state index contributed by atoms with van der Waals surface area (Å²) in [4.78, 5) is 12.6.